The van der Waals surface area contributed by atoms with Gasteiger partial charge in [-0.05, 0) is 0 Å². The Bertz CT molecular complexity index is 707. The molecule has 15 unspecified atom stereocenters. The van der Waals surface area contributed by atoms with Crippen molar-refractivity contribution in [3.63, 3.8) is 0 Å². The van der Waals surface area contributed by atoms with Crippen LogP contribution in [0.4, 0.5) is 0 Å². The molecule has 0 aromatic heterocycles. The molecule has 17 heteroatoms. The zero-order valence-corrected chi connectivity index (χ0v) is 17.9. The second kappa shape index (κ2) is 11.5. The highest BCUT2D eigenvalue weighted by atomic mass is 16.8. The lowest BCUT2D eigenvalue weighted by Crippen LogP contribution is -2.66. The molecule has 0 aromatic rings. The standard InChI is InChI=1S/C18H30O17/c19-1-3-12(7(23)9(25)16(30)31-3)33-17-11(27)8(24)13(4(2-20)32-17)34-18-10(26)5(21)6(22)14(35-18)15(28)29/h3-14,16-27,30H,1-2H2,(H,28,29). The summed E-state index contributed by atoms with van der Waals surface area (Å²) in [5.74, 6) is -1.69. The lowest BCUT2D eigenvalue weighted by atomic mass is 9.96. The van der Waals surface area contributed by atoms with Crippen molar-refractivity contribution in [2.45, 2.75) is 92.1 Å². The highest BCUT2D eigenvalue weighted by Crippen LogP contribution is 2.32. The SMILES string of the molecule is O=C(O)C1OC(OC2C(CO)OC(OC3C(CO)OC(O)C(O)C3O)C(O)C2O)C(O)C(O)C1O. The number of rotatable bonds is 7. The van der Waals surface area contributed by atoms with Crippen LogP contribution in [0.2, 0.25) is 0 Å². The molecule has 3 heterocycles. The molecule has 35 heavy (non-hydrogen) atoms. The number of aliphatic carboxylic acids is 1. The van der Waals surface area contributed by atoms with Gasteiger partial charge in [-0.25, -0.2) is 4.79 Å². The first kappa shape index (κ1) is 28.4. The maximum absolute atomic E-state index is 11.3. The van der Waals surface area contributed by atoms with Crippen LogP contribution in [0.25, 0.3) is 0 Å². The van der Waals surface area contributed by atoms with Crippen molar-refractivity contribution in [1.29, 1.82) is 0 Å². The fourth-order valence-corrected chi connectivity index (χ4v) is 4.04. The molecule has 3 fully saturated rings. The summed E-state index contributed by atoms with van der Waals surface area (Å²) in [7, 11) is 0. The minimum Gasteiger partial charge on any atom is -0.479 e. The van der Waals surface area contributed by atoms with Gasteiger partial charge in [0, 0.05) is 0 Å². The van der Waals surface area contributed by atoms with Crippen molar-refractivity contribution in [2.75, 3.05) is 13.2 Å². The van der Waals surface area contributed by atoms with E-state index < -0.39 is 111 Å². The van der Waals surface area contributed by atoms with Gasteiger partial charge in [-0.15, -0.1) is 0 Å². The third kappa shape index (κ3) is 5.59. The van der Waals surface area contributed by atoms with Gasteiger partial charge < -0.3 is 79.9 Å². The third-order valence-electron chi connectivity index (χ3n) is 6.06. The predicted molar refractivity (Wildman–Crippen MR) is 102 cm³/mol. The lowest BCUT2D eigenvalue weighted by Gasteiger charge is -2.47. The number of carboxylic acids is 1. The van der Waals surface area contributed by atoms with Crippen LogP contribution in [-0.2, 0) is 28.5 Å². The van der Waals surface area contributed by atoms with Crippen LogP contribution in [0.1, 0.15) is 0 Å². The first-order chi connectivity index (χ1) is 16.4. The molecule has 0 amide bonds. The Morgan fingerprint density at radius 2 is 1.06 bits per heavy atom. The molecule has 0 saturated carbocycles. The van der Waals surface area contributed by atoms with Crippen LogP contribution in [0.15, 0.2) is 0 Å². The highest BCUT2D eigenvalue weighted by molar-refractivity contribution is 5.73. The summed E-state index contributed by atoms with van der Waals surface area (Å²) in [5.41, 5.74) is 0. The Morgan fingerprint density at radius 1 is 0.600 bits per heavy atom. The second-order valence-electron chi connectivity index (χ2n) is 8.37. The van der Waals surface area contributed by atoms with Crippen LogP contribution in [0.3, 0.4) is 0 Å². The van der Waals surface area contributed by atoms with E-state index in [0.717, 1.165) is 0 Å². The molecular weight excluding hydrogens is 488 g/mol. The van der Waals surface area contributed by atoms with E-state index in [0.29, 0.717) is 0 Å². The summed E-state index contributed by atoms with van der Waals surface area (Å²) in [6.07, 6.45) is -27.4. The Morgan fingerprint density at radius 3 is 1.57 bits per heavy atom. The van der Waals surface area contributed by atoms with Crippen LogP contribution in [0.5, 0.6) is 0 Å². The zero-order valence-electron chi connectivity index (χ0n) is 17.9. The molecule has 0 radical (unpaired) electrons. The fraction of sp³-hybridized carbons (Fsp3) is 0.944. The summed E-state index contributed by atoms with van der Waals surface area (Å²) in [6, 6.07) is 0. The van der Waals surface area contributed by atoms with Crippen LogP contribution >= 0.6 is 0 Å². The summed E-state index contributed by atoms with van der Waals surface area (Å²) in [5, 5.41) is 109. The lowest BCUT2D eigenvalue weighted by molar-refractivity contribution is -0.375. The van der Waals surface area contributed by atoms with Crippen molar-refractivity contribution in [1.82, 2.24) is 0 Å². The van der Waals surface area contributed by atoms with E-state index in [-0.39, 0.29) is 0 Å². The van der Waals surface area contributed by atoms with Crippen molar-refractivity contribution in [3.8, 4) is 0 Å². The van der Waals surface area contributed by atoms with Crippen LogP contribution in [0, 0.1) is 0 Å². The number of hydrogen-bond acceptors (Lipinski definition) is 16. The molecule has 0 aliphatic carbocycles. The number of aliphatic hydroxyl groups excluding tert-OH is 10. The number of carboxylic acid groups (broad SMARTS) is 1. The number of carbonyl (C=O) groups is 1. The Hall–Kier alpha value is -1.13. The van der Waals surface area contributed by atoms with Gasteiger partial charge in [0.1, 0.15) is 67.1 Å². The molecular formula is C18H30O17. The Kier molecular flexibility index (Phi) is 9.35. The molecule has 0 aromatic carbocycles. The van der Waals surface area contributed by atoms with Crippen molar-refractivity contribution < 1.29 is 84.7 Å². The highest BCUT2D eigenvalue weighted by Gasteiger charge is 2.54. The minimum atomic E-state index is -2.02. The number of ether oxygens (including phenoxy) is 5. The molecule has 0 bridgehead atoms. The van der Waals surface area contributed by atoms with Gasteiger partial charge in [0.15, 0.2) is 25.0 Å². The predicted octanol–water partition coefficient (Wildman–Crippen LogP) is -7.48. The van der Waals surface area contributed by atoms with Crippen molar-refractivity contribution in [2.24, 2.45) is 0 Å². The first-order valence-corrected chi connectivity index (χ1v) is 10.6. The smallest absolute Gasteiger partial charge is 0.335 e. The first-order valence-electron chi connectivity index (χ1n) is 10.6. The topological polar surface area (TPSA) is 286 Å². The quantitative estimate of drug-likeness (QED) is 0.149. The minimum absolute atomic E-state index is 0.790. The molecule has 0 spiro atoms. The third-order valence-corrected chi connectivity index (χ3v) is 6.06. The maximum atomic E-state index is 11.3. The summed E-state index contributed by atoms with van der Waals surface area (Å²) in [4.78, 5) is 11.3. The summed E-state index contributed by atoms with van der Waals surface area (Å²) in [6.45, 7) is -1.68. The molecule has 11 N–H and O–H groups in total. The van der Waals surface area contributed by atoms with Gasteiger partial charge in [0.25, 0.3) is 0 Å². The number of aliphatic hydroxyl groups is 10. The molecule has 3 aliphatic rings. The molecule has 3 saturated heterocycles. The summed E-state index contributed by atoms with van der Waals surface area (Å²) >= 11 is 0. The van der Waals surface area contributed by atoms with Gasteiger partial charge in [-0.2, -0.15) is 0 Å². The average molecular weight is 518 g/mol. The van der Waals surface area contributed by atoms with Gasteiger partial charge in [0.2, 0.25) is 0 Å². The molecule has 3 aliphatic heterocycles. The normalized spacial score (nSPS) is 51.2. The van der Waals surface area contributed by atoms with E-state index >= 15 is 0 Å². The molecule has 204 valence electrons. The fourth-order valence-electron chi connectivity index (χ4n) is 4.04. The van der Waals surface area contributed by atoms with E-state index in [4.69, 9.17) is 28.8 Å². The molecule has 3 rings (SSSR count). The van der Waals surface area contributed by atoms with Gasteiger partial charge in [-0.1, -0.05) is 0 Å². The van der Waals surface area contributed by atoms with Gasteiger partial charge in [-0.3, -0.25) is 0 Å². The van der Waals surface area contributed by atoms with Crippen molar-refractivity contribution >= 4 is 5.97 Å². The largest absolute Gasteiger partial charge is 0.479 e. The van der Waals surface area contributed by atoms with E-state index in [9.17, 15) is 55.9 Å². The van der Waals surface area contributed by atoms with Crippen LogP contribution < -0.4 is 0 Å². The van der Waals surface area contributed by atoms with E-state index in [1.807, 2.05) is 0 Å². The average Bonchev–Trinajstić information content (AvgIpc) is 2.83. The maximum Gasteiger partial charge on any atom is 0.335 e. The van der Waals surface area contributed by atoms with E-state index in [1.165, 1.54) is 0 Å². The Labute approximate surface area is 196 Å². The van der Waals surface area contributed by atoms with Gasteiger partial charge >= 0.3 is 5.97 Å². The molecule has 17 nitrogen and oxygen atoms in total. The molecule has 15 atom stereocenters. The van der Waals surface area contributed by atoms with Crippen LogP contribution in [-0.4, -0.2) is 167 Å². The number of hydrogen-bond donors (Lipinski definition) is 11. The monoisotopic (exact) mass is 518 g/mol. The second-order valence-corrected chi connectivity index (χ2v) is 8.37. The summed E-state index contributed by atoms with van der Waals surface area (Å²) < 4.78 is 26.0. The van der Waals surface area contributed by atoms with Crippen molar-refractivity contribution in [3.05, 3.63) is 0 Å². The van der Waals surface area contributed by atoms with E-state index in [2.05, 4.69) is 0 Å². The van der Waals surface area contributed by atoms with Gasteiger partial charge in [0.05, 0.1) is 13.2 Å². The van der Waals surface area contributed by atoms with E-state index in [1.54, 1.807) is 0 Å². The zero-order chi connectivity index (χ0) is 26.2. The Balaban J connectivity index is 1.73.